The standard InChI is InChI=1S/C14H8Cl2N2O4/c15-9-2-10(16)4-11(3-9)17-6-8-1-13-14(22-7-21-13)5-12(8)18(19)20/h1-6H,7H2. The number of halogens is 2. The summed E-state index contributed by atoms with van der Waals surface area (Å²) in [5, 5.41) is 12.0. The van der Waals surface area contributed by atoms with E-state index in [4.69, 9.17) is 32.7 Å². The quantitative estimate of drug-likeness (QED) is 0.472. The Morgan fingerprint density at radius 2 is 1.73 bits per heavy atom. The van der Waals surface area contributed by atoms with Gasteiger partial charge in [-0.05, 0) is 24.3 Å². The van der Waals surface area contributed by atoms with Crippen LogP contribution in [0.3, 0.4) is 0 Å². The molecule has 0 saturated carbocycles. The monoisotopic (exact) mass is 338 g/mol. The van der Waals surface area contributed by atoms with E-state index in [2.05, 4.69) is 4.99 Å². The molecule has 2 aromatic rings. The van der Waals surface area contributed by atoms with Crippen LogP contribution in [0.1, 0.15) is 5.56 Å². The number of nitro benzene ring substituents is 1. The van der Waals surface area contributed by atoms with Crippen molar-refractivity contribution in [3.05, 3.63) is 56.1 Å². The molecule has 6 nitrogen and oxygen atoms in total. The third-order valence-electron chi connectivity index (χ3n) is 2.92. The van der Waals surface area contributed by atoms with E-state index in [1.807, 2.05) is 0 Å². The molecule has 1 aliphatic rings. The zero-order valence-corrected chi connectivity index (χ0v) is 12.5. The molecule has 0 spiro atoms. The lowest BCUT2D eigenvalue weighted by Crippen LogP contribution is -1.94. The van der Waals surface area contributed by atoms with Crippen molar-refractivity contribution in [2.45, 2.75) is 0 Å². The third kappa shape index (κ3) is 2.98. The van der Waals surface area contributed by atoms with Crippen LogP contribution in [0.4, 0.5) is 11.4 Å². The maximum absolute atomic E-state index is 11.1. The van der Waals surface area contributed by atoms with Crippen molar-refractivity contribution in [2.75, 3.05) is 6.79 Å². The average molecular weight is 339 g/mol. The fourth-order valence-electron chi connectivity index (χ4n) is 1.97. The van der Waals surface area contributed by atoms with Crippen LogP contribution < -0.4 is 9.47 Å². The molecule has 1 aliphatic heterocycles. The summed E-state index contributed by atoms with van der Waals surface area (Å²) in [5.41, 5.74) is 0.663. The second-order valence-corrected chi connectivity index (χ2v) is 5.28. The molecule has 0 N–H and O–H groups in total. The van der Waals surface area contributed by atoms with Gasteiger partial charge in [-0.15, -0.1) is 0 Å². The third-order valence-corrected chi connectivity index (χ3v) is 3.36. The lowest BCUT2D eigenvalue weighted by Gasteiger charge is -2.01. The maximum Gasteiger partial charge on any atom is 0.282 e. The summed E-state index contributed by atoms with van der Waals surface area (Å²) >= 11 is 11.8. The summed E-state index contributed by atoms with van der Waals surface area (Å²) in [6, 6.07) is 7.60. The average Bonchev–Trinajstić information content (AvgIpc) is 2.90. The highest BCUT2D eigenvalue weighted by Gasteiger charge is 2.22. The van der Waals surface area contributed by atoms with Gasteiger partial charge in [0.1, 0.15) is 0 Å². The van der Waals surface area contributed by atoms with E-state index >= 15 is 0 Å². The van der Waals surface area contributed by atoms with Gasteiger partial charge in [0.2, 0.25) is 6.79 Å². The van der Waals surface area contributed by atoms with Crippen molar-refractivity contribution >= 4 is 40.8 Å². The van der Waals surface area contributed by atoms with Crippen molar-refractivity contribution in [1.82, 2.24) is 0 Å². The highest BCUT2D eigenvalue weighted by atomic mass is 35.5. The predicted octanol–water partition coefficient (Wildman–Crippen LogP) is 4.38. The molecule has 112 valence electrons. The zero-order chi connectivity index (χ0) is 15.7. The predicted molar refractivity (Wildman–Crippen MR) is 82.9 cm³/mol. The van der Waals surface area contributed by atoms with Crippen LogP contribution in [-0.2, 0) is 0 Å². The van der Waals surface area contributed by atoms with Gasteiger partial charge in [0, 0.05) is 16.3 Å². The smallest absolute Gasteiger partial charge is 0.282 e. The van der Waals surface area contributed by atoms with Crippen LogP contribution in [0.5, 0.6) is 11.5 Å². The van der Waals surface area contributed by atoms with Crippen molar-refractivity contribution in [3.8, 4) is 11.5 Å². The van der Waals surface area contributed by atoms with Crippen LogP contribution in [0.15, 0.2) is 35.3 Å². The van der Waals surface area contributed by atoms with Crippen LogP contribution in [0.25, 0.3) is 0 Å². The second kappa shape index (κ2) is 5.82. The summed E-state index contributed by atoms with van der Waals surface area (Å²) in [7, 11) is 0. The lowest BCUT2D eigenvalue weighted by atomic mass is 10.1. The zero-order valence-electron chi connectivity index (χ0n) is 11.0. The molecule has 22 heavy (non-hydrogen) atoms. The van der Waals surface area contributed by atoms with Crippen molar-refractivity contribution in [2.24, 2.45) is 4.99 Å². The molecule has 1 heterocycles. The van der Waals surface area contributed by atoms with Crippen LogP contribution >= 0.6 is 23.2 Å². The van der Waals surface area contributed by atoms with E-state index in [0.717, 1.165) is 0 Å². The molecule has 0 aliphatic carbocycles. The van der Waals surface area contributed by atoms with E-state index in [9.17, 15) is 10.1 Å². The van der Waals surface area contributed by atoms with Gasteiger partial charge in [-0.3, -0.25) is 15.1 Å². The van der Waals surface area contributed by atoms with Gasteiger partial charge in [-0.1, -0.05) is 23.2 Å². The van der Waals surface area contributed by atoms with Gasteiger partial charge in [-0.2, -0.15) is 0 Å². The highest BCUT2D eigenvalue weighted by Crippen LogP contribution is 2.37. The molecule has 0 bridgehead atoms. The van der Waals surface area contributed by atoms with Crippen molar-refractivity contribution in [3.63, 3.8) is 0 Å². The van der Waals surface area contributed by atoms with Gasteiger partial charge >= 0.3 is 0 Å². The number of nitro groups is 1. The van der Waals surface area contributed by atoms with Crippen LogP contribution in [0, 0.1) is 10.1 Å². The van der Waals surface area contributed by atoms with Gasteiger partial charge in [0.05, 0.1) is 22.2 Å². The van der Waals surface area contributed by atoms with Crippen molar-refractivity contribution < 1.29 is 14.4 Å². The maximum atomic E-state index is 11.1. The Morgan fingerprint density at radius 3 is 2.36 bits per heavy atom. The second-order valence-electron chi connectivity index (χ2n) is 4.41. The number of hydrogen-bond acceptors (Lipinski definition) is 5. The molecular formula is C14H8Cl2N2O4. The summed E-state index contributed by atoms with van der Waals surface area (Å²) in [6.07, 6.45) is 1.36. The van der Waals surface area contributed by atoms with Gasteiger partial charge < -0.3 is 9.47 Å². The molecule has 0 radical (unpaired) electrons. The molecule has 3 rings (SSSR count). The molecule has 0 unspecified atom stereocenters. The van der Waals surface area contributed by atoms with E-state index < -0.39 is 4.92 Å². The minimum atomic E-state index is -0.506. The Labute approximate surface area is 135 Å². The van der Waals surface area contributed by atoms with E-state index in [0.29, 0.717) is 32.8 Å². The molecule has 0 aromatic heterocycles. The molecular weight excluding hydrogens is 331 g/mol. The van der Waals surface area contributed by atoms with E-state index in [1.165, 1.54) is 18.3 Å². The topological polar surface area (TPSA) is 74.0 Å². The normalized spacial score (nSPS) is 12.8. The Hall–Kier alpha value is -2.31. The Kier molecular flexibility index (Phi) is 3.87. The SMILES string of the molecule is O=[N+]([O-])c1cc2c(cc1C=Nc1cc(Cl)cc(Cl)c1)OCO2. The van der Waals surface area contributed by atoms with Crippen LogP contribution in [-0.4, -0.2) is 17.9 Å². The Morgan fingerprint density at radius 1 is 1.09 bits per heavy atom. The number of benzene rings is 2. The van der Waals surface area contributed by atoms with E-state index in [1.54, 1.807) is 18.2 Å². The molecule has 0 amide bonds. The van der Waals surface area contributed by atoms with E-state index in [-0.39, 0.29) is 12.5 Å². The summed E-state index contributed by atoms with van der Waals surface area (Å²) < 4.78 is 10.3. The summed E-state index contributed by atoms with van der Waals surface area (Å²) in [4.78, 5) is 14.8. The first-order chi connectivity index (χ1) is 10.5. The number of nitrogens with zero attached hydrogens (tertiary/aromatic N) is 2. The first-order valence-electron chi connectivity index (χ1n) is 6.11. The van der Waals surface area contributed by atoms with Gasteiger partial charge in [0.25, 0.3) is 5.69 Å². The van der Waals surface area contributed by atoms with Gasteiger partial charge in [-0.25, -0.2) is 0 Å². The molecule has 8 heteroatoms. The number of ether oxygens (including phenoxy) is 2. The summed E-state index contributed by atoms with van der Waals surface area (Å²) in [6.45, 7) is 0.0387. The number of rotatable bonds is 3. The molecule has 0 fully saturated rings. The largest absolute Gasteiger partial charge is 0.454 e. The number of aliphatic imine (C=N–C) groups is 1. The first kappa shape index (κ1) is 14.6. The summed E-state index contributed by atoms with van der Waals surface area (Å²) in [5.74, 6) is 0.783. The lowest BCUT2D eigenvalue weighted by molar-refractivity contribution is -0.385. The minimum Gasteiger partial charge on any atom is -0.454 e. The number of hydrogen-bond donors (Lipinski definition) is 0. The van der Waals surface area contributed by atoms with Crippen molar-refractivity contribution in [1.29, 1.82) is 0 Å². The highest BCUT2D eigenvalue weighted by molar-refractivity contribution is 6.35. The molecule has 0 saturated heterocycles. The van der Waals surface area contributed by atoms with Gasteiger partial charge in [0.15, 0.2) is 11.5 Å². The fraction of sp³-hybridized carbons (Fsp3) is 0.0714. The molecule has 2 aromatic carbocycles. The first-order valence-corrected chi connectivity index (χ1v) is 6.87. The van der Waals surface area contributed by atoms with Crippen LogP contribution in [0.2, 0.25) is 10.0 Å². The fourth-order valence-corrected chi connectivity index (χ4v) is 2.48. The minimum absolute atomic E-state index is 0.0387. The Balaban J connectivity index is 2.00. The molecule has 0 atom stereocenters. The number of fused-ring (bicyclic) bond motifs is 1. The Bertz CT molecular complexity index is 772.